The van der Waals surface area contributed by atoms with Gasteiger partial charge in [-0.25, -0.2) is 0 Å². The molecule has 1 unspecified atom stereocenters. The minimum atomic E-state index is 0.0762. The van der Waals surface area contributed by atoms with Gasteiger partial charge in [-0.15, -0.1) is 0 Å². The van der Waals surface area contributed by atoms with Crippen molar-refractivity contribution in [3.63, 3.8) is 0 Å². The number of aryl methyl sites for hydroxylation is 1. The molecule has 0 saturated heterocycles. The van der Waals surface area contributed by atoms with Crippen LogP contribution in [-0.2, 0) is 11.2 Å². The lowest BCUT2D eigenvalue weighted by Gasteiger charge is -2.14. The van der Waals surface area contributed by atoms with E-state index in [1.807, 2.05) is 49.4 Å². The second-order valence-electron chi connectivity index (χ2n) is 6.32. The predicted molar refractivity (Wildman–Crippen MR) is 105 cm³/mol. The second kappa shape index (κ2) is 11.2. The molecule has 2 rings (SSSR count). The Bertz CT molecular complexity index is 657. The monoisotopic (exact) mass is 355 g/mol. The fraction of sp³-hybridized carbons (Fsp3) is 0.409. The minimum absolute atomic E-state index is 0.0762. The molecular formula is C22H29NO3. The zero-order valence-corrected chi connectivity index (χ0v) is 15.7. The summed E-state index contributed by atoms with van der Waals surface area (Å²) < 4.78 is 11.3. The summed E-state index contributed by atoms with van der Waals surface area (Å²) in [4.78, 5) is 12.1. The molecule has 0 saturated carbocycles. The zero-order chi connectivity index (χ0) is 18.6. The van der Waals surface area contributed by atoms with Crippen molar-refractivity contribution in [2.24, 2.45) is 0 Å². The standard InChI is InChI=1S/C22H29NO3/c1-3-25-20-12-7-8-13-21(20)26-17-9-14-22(24)23-18(2)15-16-19-10-5-4-6-11-19/h4-8,10-13,18H,3,9,14-17H2,1-2H3,(H,23,24). The Hall–Kier alpha value is -2.49. The molecule has 1 N–H and O–H groups in total. The number of para-hydroxylation sites is 2. The summed E-state index contributed by atoms with van der Waals surface area (Å²) in [6.07, 6.45) is 3.05. The Morgan fingerprint density at radius 1 is 1.00 bits per heavy atom. The Kier molecular flexibility index (Phi) is 8.53. The average Bonchev–Trinajstić information content (AvgIpc) is 2.66. The first-order chi connectivity index (χ1) is 12.7. The predicted octanol–water partition coefficient (Wildman–Crippen LogP) is 4.38. The van der Waals surface area contributed by atoms with Crippen molar-refractivity contribution < 1.29 is 14.3 Å². The van der Waals surface area contributed by atoms with Crippen LogP contribution in [0.1, 0.15) is 38.7 Å². The largest absolute Gasteiger partial charge is 0.490 e. The first-order valence-corrected chi connectivity index (χ1v) is 9.37. The van der Waals surface area contributed by atoms with E-state index in [1.54, 1.807) is 0 Å². The lowest BCUT2D eigenvalue weighted by molar-refractivity contribution is -0.121. The van der Waals surface area contributed by atoms with Crippen molar-refractivity contribution in [2.75, 3.05) is 13.2 Å². The molecule has 0 aliphatic heterocycles. The SMILES string of the molecule is CCOc1ccccc1OCCCC(=O)NC(C)CCc1ccccc1. The molecule has 0 bridgehead atoms. The van der Waals surface area contributed by atoms with E-state index in [4.69, 9.17) is 9.47 Å². The van der Waals surface area contributed by atoms with E-state index < -0.39 is 0 Å². The van der Waals surface area contributed by atoms with Crippen LogP contribution in [0, 0.1) is 0 Å². The molecule has 1 amide bonds. The number of hydrogen-bond donors (Lipinski definition) is 1. The van der Waals surface area contributed by atoms with E-state index in [2.05, 4.69) is 24.4 Å². The fourth-order valence-corrected chi connectivity index (χ4v) is 2.71. The topological polar surface area (TPSA) is 47.6 Å². The van der Waals surface area contributed by atoms with Gasteiger partial charge in [0.05, 0.1) is 13.2 Å². The fourth-order valence-electron chi connectivity index (χ4n) is 2.71. The molecule has 0 aliphatic rings. The van der Waals surface area contributed by atoms with Gasteiger partial charge in [0, 0.05) is 12.5 Å². The van der Waals surface area contributed by atoms with Crippen LogP contribution in [0.2, 0.25) is 0 Å². The van der Waals surface area contributed by atoms with E-state index in [9.17, 15) is 4.79 Å². The Morgan fingerprint density at radius 2 is 1.65 bits per heavy atom. The molecular weight excluding hydrogens is 326 g/mol. The molecule has 0 radical (unpaired) electrons. The number of carbonyl (C=O) groups is 1. The summed E-state index contributed by atoms with van der Waals surface area (Å²) in [5.41, 5.74) is 1.30. The highest BCUT2D eigenvalue weighted by Gasteiger charge is 2.08. The van der Waals surface area contributed by atoms with Crippen LogP contribution in [0.15, 0.2) is 54.6 Å². The van der Waals surface area contributed by atoms with E-state index in [0.717, 1.165) is 24.3 Å². The summed E-state index contributed by atoms with van der Waals surface area (Å²) in [5.74, 6) is 1.55. The van der Waals surface area contributed by atoms with Gasteiger partial charge in [0.15, 0.2) is 11.5 Å². The van der Waals surface area contributed by atoms with Crippen molar-refractivity contribution in [2.45, 2.75) is 45.6 Å². The molecule has 0 fully saturated rings. The second-order valence-corrected chi connectivity index (χ2v) is 6.32. The Balaban J connectivity index is 1.63. The normalized spacial score (nSPS) is 11.6. The number of amides is 1. The lowest BCUT2D eigenvalue weighted by atomic mass is 10.1. The maximum absolute atomic E-state index is 12.1. The van der Waals surface area contributed by atoms with Crippen LogP contribution >= 0.6 is 0 Å². The van der Waals surface area contributed by atoms with Crippen molar-refractivity contribution in [3.05, 3.63) is 60.2 Å². The molecule has 0 heterocycles. The smallest absolute Gasteiger partial charge is 0.220 e. The Labute approximate surface area is 156 Å². The molecule has 2 aromatic rings. The zero-order valence-electron chi connectivity index (χ0n) is 15.7. The van der Waals surface area contributed by atoms with Crippen LogP contribution < -0.4 is 14.8 Å². The van der Waals surface area contributed by atoms with E-state index in [0.29, 0.717) is 26.1 Å². The van der Waals surface area contributed by atoms with Crippen LogP contribution in [0.4, 0.5) is 0 Å². The first-order valence-electron chi connectivity index (χ1n) is 9.37. The summed E-state index contributed by atoms with van der Waals surface area (Å²) in [6.45, 7) is 5.09. The maximum atomic E-state index is 12.1. The maximum Gasteiger partial charge on any atom is 0.220 e. The van der Waals surface area contributed by atoms with Crippen LogP contribution in [-0.4, -0.2) is 25.2 Å². The van der Waals surface area contributed by atoms with E-state index in [-0.39, 0.29) is 11.9 Å². The Morgan fingerprint density at radius 3 is 2.35 bits per heavy atom. The van der Waals surface area contributed by atoms with Gasteiger partial charge >= 0.3 is 0 Å². The number of nitrogens with one attached hydrogen (secondary N) is 1. The number of hydrogen-bond acceptors (Lipinski definition) is 3. The molecule has 2 aromatic carbocycles. The van der Waals surface area contributed by atoms with Gasteiger partial charge in [-0.05, 0) is 50.8 Å². The van der Waals surface area contributed by atoms with E-state index in [1.165, 1.54) is 5.56 Å². The lowest BCUT2D eigenvalue weighted by Crippen LogP contribution is -2.32. The number of ether oxygens (including phenoxy) is 2. The van der Waals surface area contributed by atoms with Crippen LogP contribution in [0.5, 0.6) is 11.5 Å². The van der Waals surface area contributed by atoms with Gasteiger partial charge in [0.2, 0.25) is 5.91 Å². The molecule has 4 heteroatoms. The third kappa shape index (κ3) is 7.18. The summed E-state index contributed by atoms with van der Waals surface area (Å²) >= 11 is 0. The molecule has 1 atom stereocenters. The minimum Gasteiger partial charge on any atom is -0.490 e. The van der Waals surface area contributed by atoms with Gasteiger partial charge < -0.3 is 14.8 Å². The van der Waals surface area contributed by atoms with Crippen molar-refractivity contribution in [1.29, 1.82) is 0 Å². The summed E-state index contributed by atoms with van der Waals surface area (Å²) in [7, 11) is 0. The van der Waals surface area contributed by atoms with Crippen LogP contribution in [0.3, 0.4) is 0 Å². The van der Waals surface area contributed by atoms with E-state index >= 15 is 0 Å². The molecule has 140 valence electrons. The van der Waals surface area contributed by atoms with Gasteiger partial charge in [-0.1, -0.05) is 42.5 Å². The van der Waals surface area contributed by atoms with Gasteiger partial charge in [0.25, 0.3) is 0 Å². The highest BCUT2D eigenvalue weighted by atomic mass is 16.5. The quantitative estimate of drug-likeness (QED) is 0.609. The van der Waals surface area contributed by atoms with Crippen LogP contribution in [0.25, 0.3) is 0 Å². The third-order valence-corrected chi connectivity index (χ3v) is 4.07. The number of carbonyl (C=O) groups excluding carboxylic acids is 1. The molecule has 26 heavy (non-hydrogen) atoms. The summed E-state index contributed by atoms with van der Waals surface area (Å²) in [6, 6.07) is 18.1. The van der Waals surface area contributed by atoms with Crippen molar-refractivity contribution >= 4 is 5.91 Å². The van der Waals surface area contributed by atoms with Gasteiger partial charge in [-0.3, -0.25) is 4.79 Å². The first kappa shape index (κ1) is 19.8. The highest BCUT2D eigenvalue weighted by molar-refractivity contribution is 5.76. The highest BCUT2D eigenvalue weighted by Crippen LogP contribution is 2.26. The van der Waals surface area contributed by atoms with Gasteiger partial charge in [-0.2, -0.15) is 0 Å². The molecule has 0 aromatic heterocycles. The third-order valence-electron chi connectivity index (χ3n) is 4.07. The molecule has 0 aliphatic carbocycles. The van der Waals surface area contributed by atoms with Crippen molar-refractivity contribution in [3.8, 4) is 11.5 Å². The molecule has 4 nitrogen and oxygen atoms in total. The number of benzene rings is 2. The van der Waals surface area contributed by atoms with Gasteiger partial charge in [0.1, 0.15) is 0 Å². The molecule has 0 spiro atoms. The summed E-state index contributed by atoms with van der Waals surface area (Å²) in [5, 5.41) is 3.06. The number of rotatable bonds is 11. The van der Waals surface area contributed by atoms with Crippen molar-refractivity contribution in [1.82, 2.24) is 5.32 Å². The average molecular weight is 355 g/mol.